The number of halogens is 1. The lowest BCUT2D eigenvalue weighted by Gasteiger charge is -2.11. The second-order valence-electron chi connectivity index (χ2n) is 3.35. The highest BCUT2D eigenvalue weighted by atomic mass is 127. The van der Waals surface area contributed by atoms with Gasteiger partial charge in [0.2, 0.25) is 0 Å². The first kappa shape index (κ1) is 8.78. The summed E-state index contributed by atoms with van der Waals surface area (Å²) in [6.07, 6.45) is 2.76. The van der Waals surface area contributed by atoms with Gasteiger partial charge in [-0.05, 0) is 18.3 Å². The van der Waals surface area contributed by atoms with E-state index < -0.39 is 0 Å². The molecule has 1 aliphatic heterocycles. The van der Waals surface area contributed by atoms with Crippen molar-refractivity contribution in [3.63, 3.8) is 0 Å². The quantitative estimate of drug-likeness (QED) is 0.540. The highest BCUT2D eigenvalue weighted by Crippen LogP contribution is 2.28. The van der Waals surface area contributed by atoms with Gasteiger partial charge in [-0.2, -0.15) is 0 Å². The molecule has 1 saturated heterocycles. The maximum Gasteiger partial charge on any atom is 0.0201 e. The predicted molar refractivity (Wildman–Crippen MR) is 53.2 cm³/mol. The summed E-state index contributed by atoms with van der Waals surface area (Å²) in [5.74, 6) is 1.90. The van der Waals surface area contributed by atoms with Crippen molar-refractivity contribution in [1.82, 2.24) is 3.11 Å². The number of rotatable bonds is 2. The Kier molecular flexibility index (Phi) is 3.43. The highest BCUT2D eigenvalue weighted by molar-refractivity contribution is 14.1. The minimum Gasteiger partial charge on any atom is -0.247 e. The van der Waals surface area contributed by atoms with Gasteiger partial charge in [0.25, 0.3) is 0 Å². The Morgan fingerprint density at radius 3 is 2.60 bits per heavy atom. The lowest BCUT2D eigenvalue weighted by Crippen LogP contribution is -2.08. The fourth-order valence-corrected chi connectivity index (χ4v) is 2.84. The van der Waals surface area contributed by atoms with E-state index in [4.69, 9.17) is 0 Å². The monoisotopic (exact) mass is 253 g/mol. The summed E-state index contributed by atoms with van der Waals surface area (Å²) in [6.45, 7) is 7.27. The molecule has 0 amide bonds. The molecule has 10 heavy (non-hydrogen) atoms. The van der Waals surface area contributed by atoms with E-state index in [1.165, 1.54) is 25.9 Å². The van der Waals surface area contributed by atoms with Crippen LogP contribution in [0.15, 0.2) is 0 Å². The Bertz CT molecular complexity index is 105. The van der Waals surface area contributed by atoms with Crippen LogP contribution >= 0.6 is 22.9 Å². The predicted octanol–water partition coefficient (Wildman–Crippen LogP) is 2.70. The van der Waals surface area contributed by atoms with Crippen LogP contribution in [0, 0.1) is 11.8 Å². The van der Waals surface area contributed by atoms with Crippen molar-refractivity contribution in [3.05, 3.63) is 0 Å². The largest absolute Gasteiger partial charge is 0.247 e. The molecular formula is C8H16IN. The van der Waals surface area contributed by atoms with E-state index in [1.54, 1.807) is 0 Å². The van der Waals surface area contributed by atoms with E-state index in [9.17, 15) is 0 Å². The van der Waals surface area contributed by atoms with Gasteiger partial charge in [-0.25, -0.2) is 3.11 Å². The SMILES string of the molecule is CCCC1CN(I)CC1C. The van der Waals surface area contributed by atoms with E-state index in [0.29, 0.717) is 0 Å². The molecule has 0 radical (unpaired) electrons. The molecule has 1 aliphatic rings. The van der Waals surface area contributed by atoms with Crippen LogP contribution < -0.4 is 0 Å². The summed E-state index contributed by atoms with van der Waals surface area (Å²) in [5, 5.41) is 0. The molecule has 1 heterocycles. The van der Waals surface area contributed by atoms with Crippen molar-refractivity contribution in [2.24, 2.45) is 11.8 Å². The molecule has 0 aromatic rings. The van der Waals surface area contributed by atoms with E-state index in [2.05, 4.69) is 39.8 Å². The standard InChI is InChI=1S/C8H16IN/c1-3-4-8-6-10(9)5-7(8)2/h7-8H,3-6H2,1-2H3. The first-order valence-electron chi connectivity index (χ1n) is 4.14. The molecule has 0 N–H and O–H groups in total. The molecule has 0 aromatic carbocycles. The van der Waals surface area contributed by atoms with Crippen LogP contribution in [0.4, 0.5) is 0 Å². The fourth-order valence-electron chi connectivity index (χ4n) is 1.72. The molecule has 0 aromatic heterocycles. The second-order valence-corrected chi connectivity index (χ2v) is 4.72. The van der Waals surface area contributed by atoms with Crippen LogP contribution in [-0.2, 0) is 0 Å². The van der Waals surface area contributed by atoms with Gasteiger partial charge in [0.15, 0.2) is 0 Å². The molecule has 0 aliphatic carbocycles. The van der Waals surface area contributed by atoms with Crippen molar-refractivity contribution < 1.29 is 0 Å². The third kappa shape index (κ3) is 2.09. The van der Waals surface area contributed by atoms with E-state index in [0.717, 1.165) is 11.8 Å². The molecule has 0 spiro atoms. The average Bonchev–Trinajstić information content (AvgIpc) is 2.13. The Hall–Kier alpha value is 0.690. The maximum atomic E-state index is 2.44. The summed E-state index contributed by atoms with van der Waals surface area (Å²) >= 11 is 2.44. The molecule has 2 unspecified atom stereocenters. The van der Waals surface area contributed by atoms with E-state index in [1.807, 2.05) is 0 Å². The normalized spacial score (nSPS) is 35.1. The molecule has 1 nitrogen and oxygen atoms in total. The van der Waals surface area contributed by atoms with Gasteiger partial charge in [-0.15, -0.1) is 0 Å². The van der Waals surface area contributed by atoms with Crippen LogP contribution in [0.5, 0.6) is 0 Å². The summed E-state index contributed by atoms with van der Waals surface area (Å²) in [4.78, 5) is 0. The minimum absolute atomic E-state index is 0.928. The Labute approximate surface area is 77.7 Å². The first-order chi connectivity index (χ1) is 4.74. The zero-order valence-corrected chi connectivity index (χ0v) is 8.97. The van der Waals surface area contributed by atoms with Crippen LogP contribution in [0.3, 0.4) is 0 Å². The smallest absolute Gasteiger partial charge is 0.0201 e. The molecule has 0 bridgehead atoms. The third-order valence-corrected chi connectivity index (χ3v) is 3.17. The minimum atomic E-state index is 0.928. The van der Waals surface area contributed by atoms with Gasteiger partial charge >= 0.3 is 0 Å². The molecule has 0 saturated carbocycles. The van der Waals surface area contributed by atoms with Crippen LogP contribution in [0.2, 0.25) is 0 Å². The molecular weight excluding hydrogens is 237 g/mol. The second kappa shape index (κ2) is 3.90. The zero-order chi connectivity index (χ0) is 7.56. The zero-order valence-electron chi connectivity index (χ0n) is 6.81. The van der Waals surface area contributed by atoms with Crippen molar-refractivity contribution in [1.29, 1.82) is 0 Å². The Morgan fingerprint density at radius 1 is 1.50 bits per heavy atom. The van der Waals surface area contributed by atoms with Crippen LogP contribution in [0.25, 0.3) is 0 Å². The molecule has 2 atom stereocenters. The van der Waals surface area contributed by atoms with Crippen molar-refractivity contribution in [3.8, 4) is 0 Å². The van der Waals surface area contributed by atoms with Gasteiger partial charge in [-0.3, -0.25) is 0 Å². The number of hydrogen-bond acceptors (Lipinski definition) is 1. The van der Waals surface area contributed by atoms with Gasteiger partial charge in [0.1, 0.15) is 0 Å². The Morgan fingerprint density at radius 2 is 2.20 bits per heavy atom. The number of nitrogens with zero attached hydrogens (tertiary/aromatic N) is 1. The molecule has 60 valence electrons. The van der Waals surface area contributed by atoms with Gasteiger partial charge in [-0.1, -0.05) is 20.3 Å². The van der Waals surface area contributed by atoms with E-state index in [-0.39, 0.29) is 0 Å². The molecule has 2 heteroatoms. The van der Waals surface area contributed by atoms with Gasteiger partial charge in [0.05, 0.1) is 0 Å². The Balaban J connectivity index is 2.31. The maximum absolute atomic E-state index is 2.44. The molecule has 1 fully saturated rings. The lowest BCUT2D eigenvalue weighted by molar-refractivity contribution is 0.417. The summed E-state index contributed by atoms with van der Waals surface area (Å²) < 4.78 is 2.42. The van der Waals surface area contributed by atoms with Crippen molar-refractivity contribution in [2.45, 2.75) is 26.7 Å². The lowest BCUT2D eigenvalue weighted by atomic mass is 9.94. The van der Waals surface area contributed by atoms with Crippen molar-refractivity contribution in [2.75, 3.05) is 13.1 Å². The first-order valence-corrected chi connectivity index (χ1v) is 5.11. The third-order valence-electron chi connectivity index (χ3n) is 2.38. The summed E-state index contributed by atoms with van der Waals surface area (Å²) in [5.41, 5.74) is 0. The van der Waals surface area contributed by atoms with Crippen LogP contribution in [0.1, 0.15) is 26.7 Å². The topological polar surface area (TPSA) is 3.24 Å². The summed E-state index contributed by atoms with van der Waals surface area (Å²) in [7, 11) is 0. The number of hydrogen-bond donors (Lipinski definition) is 0. The average molecular weight is 253 g/mol. The highest BCUT2D eigenvalue weighted by Gasteiger charge is 2.26. The van der Waals surface area contributed by atoms with Crippen LogP contribution in [-0.4, -0.2) is 16.2 Å². The molecule has 1 rings (SSSR count). The fraction of sp³-hybridized carbons (Fsp3) is 1.00. The van der Waals surface area contributed by atoms with Gasteiger partial charge < -0.3 is 0 Å². The van der Waals surface area contributed by atoms with E-state index >= 15 is 0 Å². The summed E-state index contributed by atoms with van der Waals surface area (Å²) in [6, 6.07) is 0. The van der Waals surface area contributed by atoms with Crippen molar-refractivity contribution >= 4 is 22.9 Å². The van der Waals surface area contributed by atoms with Gasteiger partial charge in [0, 0.05) is 36.0 Å².